The van der Waals surface area contributed by atoms with Crippen LogP contribution in [0.4, 0.5) is 8.78 Å². The van der Waals surface area contributed by atoms with E-state index in [0.29, 0.717) is 12.3 Å². The van der Waals surface area contributed by atoms with Crippen molar-refractivity contribution in [1.29, 1.82) is 0 Å². The SMILES string of the molecule is FC(F)COc1cccc(CNCCc2c[nH]c3ccc(Cl)cc23)c1. The average Bonchev–Trinajstić information content (AvgIpc) is 2.99. The molecule has 1 aromatic heterocycles. The number of halogens is 3. The Morgan fingerprint density at radius 2 is 2.04 bits per heavy atom. The number of fused-ring (bicyclic) bond motifs is 1. The highest BCUT2D eigenvalue weighted by Crippen LogP contribution is 2.22. The molecule has 0 fully saturated rings. The minimum atomic E-state index is -2.47. The molecule has 1 heterocycles. The van der Waals surface area contributed by atoms with Gasteiger partial charge in [0.2, 0.25) is 0 Å². The number of hydrogen-bond acceptors (Lipinski definition) is 2. The molecular weight excluding hydrogens is 346 g/mol. The van der Waals surface area contributed by atoms with E-state index in [1.807, 2.05) is 30.5 Å². The zero-order valence-corrected chi connectivity index (χ0v) is 14.3. The summed E-state index contributed by atoms with van der Waals surface area (Å²) < 4.78 is 29.4. The molecule has 0 saturated carbocycles. The van der Waals surface area contributed by atoms with Crippen molar-refractivity contribution >= 4 is 22.5 Å². The molecule has 3 aromatic rings. The second kappa shape index (κ2) is 8.32. The van der Waals surface area contributed by atoms with Gasteiger partial charge in [0.1, 0.15) is 12.4 Å². The number of ether oxygens (including phenoxy) is 1. The fourth-order valence-electron chi connectivity index (χ4n) is 2.72. The molecule has 2 aromatic carbocycles. The predicted octanol–water partition coefficient (Wildman–Crippen LogP) is 4.80. The first-order valence-corrected chi connectivity index (χ1v) is 8.46. The maximum absolute atomic E-state index is 12.2. The van der Waals surface area contributed by atoms with Gasteiger partial charge in [0.25, 0.3) is 6.43 Å². The summed E-state index contributed by atoms with van der Waals surface area (Å²) in [5, 5.41) is 5.22. The molecule has 6 heteroatoms. The lowest BCUT2D eigenvalue weighted by molar-refractivity contribution is 0.0818. The van der Waals surface area contributed by atoms with Gasteiger partial charge in [-0.15, -0.1) is 0 Å². The lowest BCUT2D eigenvalue weighted by Gasteiger charge is -2.08. The van der Waals surface area contributed by atoms with E-state index in [2.05, 4.69) is 10.3 Å². The molecule has 0 radical (unpaired) electrons. The van der Waals surface area contributed by atoms with Gasteiger partial charge >= 0.3 is 0 Å². The zero-order valence-electron chi connectivity index (χ0n) is 13.6. The molecule has 0 aliphatic rings. The molecule has 0 atom stereocenters. The van der Waals surface area contributed by atoms with Gasteiger partial charge in [-0.3, -0.25) is 0 Å². The Hall–Kier alpha value is -2.11. The van der Waals surface area contributed by atoms with Crippen LogP contribution in [0.5, 0.6) is 5.75 Å². The molecule has 0 bridgehead atoms. The summed E-state index contributed by atoms with van der Waals surface area (Å²) in [4.78, 5) is 3.24. The van der Waals surface area contributed by atoms with Crippen LogP contribution in [0.25, 0.3) is 10.9 Å². The van der Waals surface area contributed by atoms with Crippen molar-refractivity contribution in [2.24, 2.45) is 0 Å². The van der Waals surface area contributed by atoms with Crippen molar-refractivity contribution in [1.82, 2.24) is 10.3 Å². The van der Waals surface area contributed by atoms with E-state index in [-0.39, 0.29) is 0 Å². The Kier molecular flexibility index (Phi) is 5.89. The fraction of sp³-hybridized carbons (Fsp3) is 0.263. The molecule has 0 amide bonds. The molecule has 0 spiro atoms. The molecule has 0 aliphatic heterocycles. The number of hydrogen-bond donors (Lipinski definition) is 2. The molecule has 0 aliphatic carbocycles. The highest BCUT2D eigenvalue weighted by molar-refractivity contribution is 6.31. The Morgan fingerprint density at radius 1 is 1.16 bits per heavy atom. The molecule has 2 N–H and O–H groups in total. The third kappa shape index (κ3) is 4.94. The van der Waals surface area contributed by atoms with Crippen LogP contribution in [0.1, 0.15) is 11.1 Å². The maximum Gasteiger partial charge on any atom is 0.272 e. The van der Waals surface area contributed by atoms with E-state index in [0.717, 1.165) is 34.5 Å². The highest BCUT2D eigenvalue weighted by Gasteiger charge is 2.05. The van der Waals surface area contributed by atoms with E-state index in [1.165, 1.54) is 5.56 Å². The van der Waals surface area contributed by atoms with Gasteiger partial charge in [-0.2, -0.15) is 0 Å². The minimum Gasteiger partial charge on any atom is -0.488 e. The molecule has 3 rings (SSSR count). The summed E-state index contributed by atoms with van der Waals surface area (Å²) in [5.41, 5.74) is 3.27. The number of aromatic nitrogens is 1. The third-order valence-corrected chi connectivity index (χ3v) is 4.14. The van der Waals surface area contributed by atoms with E-state index < -0.39 is 13.0 Å². The van der Waals surface area contributed by atoms with Crippen molar-refractivity contribution in [2.75, 3.05) is 13.2 Å². The van der Waals surface area contributed by atoms with Crippen LogP contribution in [0, 0.1) is 0 Å². The maximum atomic E-state index is 12.2. The monoisotopic (exact) mass is 364 g/mol. The van der Waals surface area contributed by atoms with Gasteiger partial charge in [-0.25, -0.2) is 8.78 Å². The van der Waals surface area contributed by atoms with Gasteiger partial charge in [-0.1, -0.05) is 23.7 Å². The molecule has 132 valence electrons. The minimum absolute atomic E-state index is 0.464. The number of alkyl halides is 2. The van der Waals surface area contributed by atoms with Gasteiger partial charge < -0.3 is 15.0 Å². The molecule has 25 heavy (non-hydrogen) atoms. The first kappa shape index (κ1) is 17.7. The molecule has 0 unspecified atom stereocenters. The van der Waals surface area contributed by atoms with E-state index in [1.54, 1.807) is 18.2 Å². The number of nitrogens with one attached hydrogen (secondary N) is 2. The number of aromatic amines is 1. The van der Waals surface area contributed by atoms with Crippen LogP contribution in [-0.2, 0) is 13.0 Å². The highest BCUT2D eigenvalue weighted by atomic mass is 35.5. The average molecular weight is 365 g/mol. The van der Waals surface area contributed by atoms with Crippen molar-refractivity contribution in [3.8, 4) is 5.75 Å². The summed E-state index contributed by atoms with van der Waals surface area (Å²) in [6.45, 7) is 0.858. The Balaban J connectivity index is 1.51. The Morgan fingerprint density at radius 3 is 2.88 bits per heavy atom. The largest absolute Gasteiger partial charge is 0.488 e. The Bertz CT molecular complexity index is 835. The second-order valence-electron chi connectivity index (χ2n) is 5.78. The number of benzene rings is 2. The van der Waals surface area contributed by atoms with Gasteiger partial charge in [0, 0.05) is 28.7 Å². The van der Waals surface area contributed by atoms with Crippen molar-refractivity contribution < 1.29 is 13.5 Å². The zero-order chi connectivity index (χ0) is 17.6. The topological polar surface area (TPSA) is 37.0 Å². The first-order chi connectivity index (χ1) is 12.1. The summed E-state index contributed by atoms with van der Waals surface area (Å²) in [6, 6.07) is 13.0. The summed E-state index contributed by atoms with van der Waals surface area (Å²) in [7, 11) is 0. The third-order valence-electron chi connectivity index (χ3n) is 3.90. The van der Waals surface area contributed by atoms with E-state index >= 15 is 0 Å². The van der Waals surface area contributed by atoms with E-state index in [9.17, 15) is 8.78 Å². The van der Waals surface area contributed by atoms with Crippen LogP contribution in [0.3, 0.4) is 0 Å². The smallest absolute Gasteiger partial charge is 0.272 e. The molecular formula is C19H19ClF2N2O. The summed E-state index contributed by atoms with van der Waals surface area (Å²) >= 11 is 6.06. The van der Waals surface area contributed by atoms with Gasteiger partial charge in [0.05, 0.1) is 0 Å². The normalized spacial score (nSPS) is 11.4. The standard InChI is InChI=1S/C19H19ClF2N2O/c20-15-4-5-18-17(9-15)14(11-24-18)6-7-23-10-13-2-1-3-16(8-13)25-12-19(21)22/h1-5,8-9,11,19,23-24H,6-7,10,12H2. The van der Waals surface area contributed by atoms with E-state index in [4.69, 9.17) is 16.3 Å². The summed E-state index contributed by atoms with van der Waals surface area (Å²) in [6.07, 6.45) is 0.398. The number of rotatable bonds is 8. The molecule has 3 nitrogen and oxygen atoms in total. The van der Waals surface area contributed by atoms with Crippen LogP contribution in [0.15, 0.2) is 48.7 Å². The van der Waals surface area contributed by atoms with Gasteiger partial charge in [-0.05, 0) is 54.4 Å². The Labute approximate surface area is 150 Å². The van der Waals surface area contributed by atoms with Crippen molar-refractivity contribution in [3.63, 3.8) is 0 Å². The van der Waals surface area contributed by atoms with Crippen LogP contribution < -0.4 is 10.1 Å². The number of H-pyrrole nitrogens is 1. The van der Waals surface area contributed by atoms with Crippen molar-refractivity contribution in [2.45, 2.75) is 19.4 Å². The quantitative estimate of drug-likeness (QED) is 0.563. The van der Waals surface area contributed by atoms with Crippen LogP contribution >= 0.6 is 11.6 Å². The predicted molar refractivity (Wildman–Crippen MR) is 96.7 cm³/mol. The first-order valence-electron chi connectivity index (χ1n) is 8.08. The lowest BCUT2D eigenvalue weighted by atomic mass is 10.1. The molecule has 0 saturated heterocycles. The van der Waals surface area contributed by atoms with Crippen LogP contribution in [-0.4, -0.2) is 24.6 Å². The van der Waals surface area contributed by atoms with Crippen molar-refractivity contribution in [3.05, 3.63) is 64.8 Å². The summed E-state index contributed by atoms with van der Waals surface area (Å²) in [5.74, 6) is 0.464. The fourth-order valence-corrected chi connectivity index (χ4v) is 2.89. The van der Waals surface area contributed by atoms with Gasteiger partial charge in [0.15, 0.2) is 0 Å². The lowest BCUT2D eigenvalue weighted by Crippen LogP contribution is -2.16. The van der Waals surface area contributed by atoms with Crippen LogP contribution in [0.2, 0.25) is 5.02 Å². The second-order valence-corrected chi connectivity index (χ2v) is 6.22.